The average Bonchev–Trinajstić information content (AvgIpc) is 1.67. The van der Waals surface area contributed by atoms with Crippen molar-refractivity contribution in [3.8, 4) is 0 Å². The lowest BCUT2D eigenvalue weighted by Crippen LogP contribution is -2.14. The van der Waals surface area contributed by atoms with Crippen LogP contribution in [-0.4, -0.2) is 17.8 Å². The third kappa shape index (κ3) is 38.0. The van der Waals surface area contributed by atoms with Crippen LogP contribution in [0, 0.1) is 4.91 Å². The van der Waals surface area contributed by atoms with E-state index in [0.29, 0.717) is 0 Å². The summed E-state index contributed by atoms with van der Waals surface area (Å²) in [6.07, 6.45) is 0. The van der Waals surface area contributed by atoms with Gasteiger partial charge in [0.05, 0.1) is 0 Å². The Labute approximate surface area is 55.2 Å². The molecule has 0 bridgehead atoms. The van der Waals surface area contributed by atoms with Crippen LogP contribution in [-0.2, 0) is 0 Å². The predicted molar refractivity (Wildman–Crippen MR) is 36.8 cm³/mol. The quantitative estimate of drug-likeness (QED) is 0.431. The molecule has 0 saturated heterocycles. The summed E-state index contributed by atoms with van der Waals surface area (Å²) >= 11 is 0. The summed E-state index contributed by atoms with van der Waals surface area (Å²) in [5, 5.41) is 10.0. The van der Waals surface area contributed by atoms with Crippen molar-refractivity contribution in [2.45, 2.75) is 26.8 Å². The average molecular weight is 134 g/mol. The van der Waals surface area contributed by atoms with E-state index in [2.05, 4.69) is 10.7 Å². The van der Waals surface area contributed by atoms with Gasteiger partial charge in [-0.05, 0) is 20.8 Å². The van der Waals surface area contributed by atoms with Crippen LogP contribution < -0.4 is 5.43 Å². The van der Waals surface area contributed by atoms with Crippen LogP contribution in [0.2, 0.25) is 0 Å². The number of nitrogens with one attached hydrogen (secondary N) is 1. The standard InChI is InChI=1S/C3H8N2O.C2H6O/c1-3(2)4-5-6;1-2-3/h3H,1-2H3,(H,4,6);3H,2H2,1H3. The van der Waals surface area contributed by atoms with E-state index in [4.69, 9.17) is 5.11 Å². The van der Waals surface area contributed by atoms with Gasteiger partial charge in [0.25, 0.3) is 0 Å². The largest absolute Gasteiger partial charge is 0.397 e. The molecule has 0 spiro atoms. The summed E-state index contributed by atoms with van der Waals surface area (Å²) in [5.74, 6) is 0. The third-order valence-corrected chi connectivity index (χ3v) is 0.311. The van der Waals surface area contributed by atoms with Crippen LogP contribution in [0.3, 0.4) is 0 Å². The highest BCUT2D eigenvalue weighted by molar-refractivity contribution is 4.42. The van der Waals surface area contributed by atoms with Crippen molar-refractivity contribution in [2.24, 2.45) is 5.29 Å². The Kier molecular flexibility index (Phi) is 12.9. The van der Waals surface area contributed by atoms with Gasteiger partial charge < -0.3 is 5.11 Å². The second-order valence-corrected chi connectivity index (χ2v) is 1.69. The first kappa shape index (κ1) is 11.2. The lowest BCUT2D eigenvalue weighted by Gasteiger charge is -1.94. The molecule has 0 amide bonds. The van der Waals surface area contributed by atoms with Crippen molar-refractivity contribution in [1.29, 1.82) is 0 Å². The fraction of sp³-hybridized carbons (Fsp3) is 1.00. The summed E-state index contributed by atoms with van der Waals surface area (Å²) in [7, 11) is 0. The number of hydrogen-bond donors (Lipinski definition) is 2. The third-order valence-electron chi connectivity index (χ3n) is 0.311. The summed E-state index contributed by atoms with van der Waals surface area (Å²) in [5.41, 5.74) is 2.28. The van der Waals surface area contributed by atoms with Crippen molar-refractivity contribution < 1.29 is 5.11 Å². The molecule has 0 aliphatic heterocycles. The maximum atomic E-state index is 9.25. The molecule has 0 atom stereocenters. The Morgan fingerprint density at radius 2 is 2.00 bits per heavy atom. The van der Waals surface area contributed by atoms with Crippen LogP contribution in [0.1, 0.15) is 20.8 Å². The van der Waals surface area contributed by atoms with Gasteiger partial charge in [-0.1, -0.05) is 0 Å². The van der Waals surface area contributed by atoms with Gasteiger partial charge in [-0.2, -0.15) is 0 Å². The first-order valence-corrected chi connectivity index (χ1v) is 2.87. The maximum absolute atomic E-state index is 9.25. The molecule has 0 aliphatic carbocycles. The van der Waals surface area contributed by atoms with Crippen LogP contribution >= 0.6 is 0 Å². The molecule has 0 aromatic heterocycles. The topological polar surface area (TPSA) is 61.7 Å². The van der Waals surface area contributed by atoms with E-state index in [9.17, 15) is 4.91 Å². The van der Waals surface area contributed by atoms with E-state index < -0.39 is 0 Å². The zero-order valence-corrected chi connectivity index (χ0v) is 6.09. The number of hydrogen-bond acceptors (Lipinski definition) is 3. The van der Waals surface area contributed by atoms with Crippen LogP contribution in [0.25, 0.3) is 0 Å². The van der Waals surface area contributed by atoms with Gasteiger partial charge in [0, 0.05) is 17.9 Å². The molecule has 0 fully saturated rings. The molecule has 0 heterocycles. The number of aliphatic hydroxyl groups excluding tert-OH is 1. The molecule has 0 saturated carbocycles. The van der Waals surface area contributed by atoms with E-state index in [0.717, 1.165) is 0 Å². The fourth-order valence-electron chi connectivity index (χ4n) is 0.105. The minimum Gasteiger partial charge on any atom is -0.397 e. The zero-order valence-electron chi connectivity index (χ0n) is 6.09. The van der Waals surface area contributed by atoms with E-state index in [-0.39, 0.29) is 12.6 Å². The second-order valence-electron chi connectivity index (χ2n) is 1.69. The minimum absolute atomic E-state index is 0.169. The molecule has 0 radical (unpaired) electrons. The Morgan fingerprint density at radius 1 is 1.67 bits per heavy atom. The minimum atomic E-state index is 0.169. The van der Waals surface area contributed by atoms with Gasteiger partial charge in [0.2, 0.25) is 0 Å². The molecule has 0 unspecified atom stereocenters. The van der Waals surface area contributed by atoms with Crippen LogP contribution in [0.15, 0.2) is 5.29 Å². The van der Waals surface area contributed by atoms with Gasteiger partial charge in [-0.15, -0.1) is 4.91 Å². The van der Waals surface area contributed by atoms with Crippen LogP contribution in [0.4, 0.5) is 0 Å². The monoisotopic (exact) mass is 134 g/mol. The molecule has 0 aromatic carbocycles. The first-order chi connectivity index (χ1) is 4.18. The Morgan fingerprint density at radius 3 is 2.00 bits per heavy atom. The second kappa shape index (κ2) is 10.4. The molecule has 2 N–H and O–H groups in total. The maximum Gasteiger partial charge on any atom is 0.0498 e. The lowest BCUT2D eigenvalue weighted by atomic mass is 10.4. The van der Waals surface area contributed by atoms with E-state index in [1.807, 2.05) is 13.8 Å². The number of nitrogens with zero attached hydrogens (tertiary/aromatic N) is 1. The molecular weight excluding hydrogens is 120 g/mol. The fourth-order valence-corrected chi connectivity index (χ4v) is 0.105. The van der Waals surface area contributed by atoms with E-state index >= 15 is 0 Å². The molecule has 0 rings (SSSR count). The summed E-state index contributed by atoms with van der Waals surface area (Å²) in [6.45, 7) is 5.63. The number of aliphatic hydroxyl groups is 1. The normalized spacial score (nSPS) is 7.67. The molecule has 56 valence electrons. The van der Waals surface area contributed by atoms with Gasteiger partial charge in [-0.3, -0.25) is 5.43 Å². The van der Waals surface area contributed by atoms with Gasteiger partial charge in [0.15, 0.2) is 0 Å². The van der Waals surface area contributed by atoms with Crippen molar-refractivity contribution >= 4 is 0 Å². The Bertz CT molecular complexity index is 56.9. The first-order valence-electron chi connectivity index (χ1n) is 2.87. The summed E-state index contributed by atoms with van der Waals surface area (Å²) in [4.78, 5) is 9.25. The molecule has 9 heavy (non-hydrogen) atoms. The van der Waals surface area contributed by atoms with Crippen molar-refractivity contribution in [2.75, 3.05) is 6.61 Å². The predicted octanol–water partition coefficient (Wildman–Crippen LogP) is 0.664. The van der Waals surface area contributed by atoms with Crippen molar-refractivity contribution in [3.05, 3.63) is 4.91 Å². The molecule has 0 aliphatic rings. The molecule has 4 nitrogen and oxygen atoms in total. The van der Waals surface area contributed by atoms with Gasteiger partial charge in [-0.25, -0.2) is 0 Å². The van der Waals surface area contributed by atoms with Crippen molar-refractivity contribution in [1.82, 2.24) is 5.43 Å². The van der Waals surface area contributed by atoms with Crippen LogP contribution in [0.5, 0.6) is 0 Å². The van der Waals surface area contributed by atoms with E-state index in [1.165, 1.54) is 0 Å². The highest BCUT2D eigenvalue weighted by Crippen LogP contribution is 1.71. The SMILES string of the molecule is CC(C)NN=O.CCO. The zero-order chi connectivity index (χ0) is 7.70. The lowest BCUT2D eigenvalue weighted by molar-refractivity contribution is 0.318. The highest BCUT2D eigenvalue weighted by atomic mass is 16.3. The highest BCUT2D eigenvalue weighted by Gasteiger charge is 1.82. The summed E-state index contributed by atoms with van der Waals surface area (Å²) < 4.78 is 0. The van der Waals surface area contributed by atoms with Gasteiger partial charge >= 0.3 is 0 Å². The van der Waals surface area contributed by atoms with Crippen molar-refractivity contribution in [3.63, 3.8) is 0 Å². The number of nitroso groups, excluding NO2 is 1. The molecule has 4 heteroatoms. The Balaban J connectivity index is 0. The van der Waals surface area contributed by atoms with E-state index in [1.54, 1.807) is 6.92 Å². The smallest absolute Gasteiger partial charge is 0.0498 e. The molecule has 0 aromatic rings. The Hall–Kier alpha value is -0.640. The molecular formula is C5H14N2O2. The number of rotatable bonds is 2. The summed E-state index contributed by atoms with van der Waals surface area (Å²) in [6, 6.07) is 0.169. The van der Waals surface area contributed by atoms with Gasteiger partial charge in [0.1, 0.15) is 0 Å².